The largest absolute Gasteiger partial charge is 0.493 e. The maximum atomic E-state index is 11.6. The molecule has 0 aromatic heterocycles. The first-order valence-corrected chi connectivity index (χ1v) is 6.38. The van der Waals surface area contributed by atoms with E-state index in [-0.39, 0.29) is 18.9 Å². The Labute approximate surface area is 116 Å². The van der Waals surface area contributed by atoms with E-state index >= 15 is 0 Å². The van der Waals surface area contributed by atoms with Crippen LogP contribution in [0.1, 0.15) is 23.6 Å². The van der Waals surface area contributed by atoms with Crippen LogP contribution >= 0.6 is 0 Å². The third kappa shape index (κ3) is 3.27. The molecular weight excluding hydrogens is 262 g/mol. The van der Waals surface area contributed by atoms with Gasteiger partial charge in [0, 0.05) is 20.0 Å². The lowest BCUT2D eigenvalue weighted by molar-refractivity contribution is -0.142. The van der Waals surface area contributed by atoms with E-state index in [1.807, 2.05) is 0 Å². The molecule has 0 aliphatic carbocycles. The van der Waals surface area contributed by atoms with Gasteiger partial charge in [-0.2, -0.15) is 0 Å². The molecule has 6 nitrogen and oxygen atoms in total. The summed E-state index contributed by atoms with van der Waals surface area (Å²) in [6, 6.07) is 4.14. The molecule has 2 rings (SSSR count). The average molecular weight is 279 g/mol. The fourth-order valence-corrected chi connectivity index (χ4v) is 2.10. The predicted molar refractivity (Wildman–Crippen MR) is 70.7 cm³/mol. The van der Waals surface area contributed by atoms with E-state index in [2.05, 4.69) is 5.32 Å². The molecule has 1 amide bonds. The fraction of sp³-hybridized carbons (Fsp3) is 0.429. The number of hydrogen-bond acceptors (Lipinski definition) is 4. The standard InChI is InChI=1S/C14H17NO5/c1-19-6-5-12(16)15-13(14(17)18)10-2-3-11-9(8-10)4-7-20-11/h2-3,8,13H,4-7H2,1H3,(H,15,16)(H,17,18). The van der Waals surface area contributed by atoms with Gasteiger partial charge in [0.1, 0.15) is 5.75 Å². The quantitative estimate of drug-likeness (QED) is 0.808. The molecule has 2 N–H and O–H groups in total. The predicted octanol–water partition coefficient (Wildman–Crippen LogP) is 0.900. The van der Waals surface area contributed by atoms with Crippen molar-refractivity contribution in [2.75, 3.05) is 20.3 Å². The lowest BCUT2D eigenvalue weighted by Gasteiger charge is -2.15. The normalized spacial score (nSPS) is 14.2. The Kier molecular flexibility index (Phi) is 4.57. The Balaban J connectivity index is 2.12. The first kappa shape index (κ1) is 14.3. The van der Waals surface area contributed by atoms with Crippen LogP contribution in [0.3, 0.4) is 0 Å². The fourth-order valence-electron chi connectivity index (χ4n) is 2.10. The van der Waals surface area contributed by atoms with Gasteiger partial charge < -0.3 is 19.9 Å². The van der Waals surface area contributed by atoms with Crippen molar-refractivity contribution >= 4 is 11.9 Å². The molecule has 0 bridgehead atoms. The molecule has 1 unspecified atom stereocenters. The van der Waals surface area contributed by atoms with Gasteiger partial charge in [-0.05, 0) is 23.3 Å². The topological polar surface area (TPSA) is 84.9 Å². The molecule has 0 saturated heterocycles. The van der Waals surface area contributed by atoms with Crippen LogP contribution in [0.5, 0.6) is 5.75 Å². The van der Waals surface area contributed by atoms with Gasteiger partial charge in [0.25, 0.3) is 0 Å². The molecule has 1 atom stereocenters. The number of hydrogen-bond donors (Lipinski definition) is 2. The average Bonchev–Trinajstić information content (AvgIpc) is 2.89. The van der Waals surface area contributed by atoms with Gasteiger partial charge in [-0.15, -0.1) is 0 Å². The third-order valence-corrected chi connectivity index (χ3v) is 3.13. The number of benzene rings is 1. The maximum absolute atomic E-state index is 11.6. The highest BCUT2D eigenvalue weighted by Gasteiger charge is 2.24. The number of amides is 1. The molecule has 0 radical (unpaired) electrons. The van der Waals surface area contributed by atoms with Crippen molar-refractivity contribution in [2.24, 2.45) is 0 Å². The summed E-state index contributed by atoms with van der Waals surface area (Å²) in [4.78, 5) is 23.0. The Bertz CT molecular complexity index is 514. The minimum atomic E-state index is -1.09. The number of fused-ring (bicyclic) bond motifs is 1. The number of methoxy groups -OCH3 is 1. The molecule has 1 aromatic rings. The highest BCUT2D eigenvalue weighted by molar-refractivity contribution is 5.84. The van der Waals surface area contributed by atoms with Crippen LogP contribution in [-0.4, -0.2) is 37.3 Å². The van der Waals surface area contributed by atoms with E-state index < -0.39 is 12.0 Å². The second-order valence-electron chi connectivity index (χ2n) is 4.55. The number of nitrogens with one attached hydrogen (secondary N) is 1. The molecule has 0 spiro atoms. The summed E-state index contributed by atoms with van der Waals surface area (Å²) in [5.74, 6) is -0.658. The smallest absolute Gasteiger partial charge is 0.330 e. The number of rotatable bonds is 6. The van der Waals surface area contributed by atoms with Crippen LogP contribution in [0.25, 0.3) is 0 Å². The lowest BCUT2D eigenvalue weighted by Crippen LogP contribution is -2.34. The number of aliphatic carboxylic acids is 1. The van der Waals surface area contributed by atoms with E-state index in [4.69, 9.17) is 9.47 Å². The molecule has 1 aliphatic rings. The Morgan fingerprint density at radius 1 is 1.50 bits per heavy atom. The zero-order chi connectivity index (χ0) is 14.5. The van der Waals surface area contributed by atoms with E-state index in [1.54, 1.807) is 18.2 Å². The maximum Gasteiger partial charge on any atom is 0.330 e. The zero-order valence-corrected chi connectivity index (χ0v) is 11.2. The summed E-state index contributed by atoms with van der Waals surface area (Å²) in [7, 11) is 1.49. The van der Waals surface area contributed by atoms with Gasteiger partial charge in [-0.25, -0.2) is 4.79 Å². The van der Waals surface area contributed by atoms with E-state index in [0.29, 0.717) is 12.2 Å². The summed E-state index contributed by atoms with van der Waals surface area (Å²) in [6.45, 7) is 0.868. The van der Waals surface area contributed by atoms with Crippen LogP contribution in [0.4, 0.5) is 0 Å². The third-order valence-electron chi connectivity index (χ3n) is 3.13. The van der Waals surface area contributed by atoms with Crippen molar-refractivity contribution in [3.05, 3.63) is 29.3 Å². The van der Waals surface area contributed by atoms with Crippen LogP contribution < -0.4 is 10.1 Å². The van der Waals surface area contributed by atoms with Gasteiger partial charge >= 0.3 is 5.97 Å². The molecule has 0 saturated carbocycles. The van der Waals surface area contributed by atoms with Crippen molar-refractivity contribution in [1.29, 1.82) is 0 Å². The van der Waals surface area contributed by atoms with Crippen molar-refractivity contribution in [3.8, 4) is 5.75 Å². The number of carbonyl (C=O) groups excluding carboxylic acids is 1. The number of carboxylic acid groups (broad SMARTS) is 1. The van der Waals surface area contributed by atoms with Crippen LogP contribution in [0, 0.1) is 0 Å². The van der Waals surface area contributed by atoms with E-state index in [1.165, 1.54) is 7.11 Å². The highest BCUT2D eigenvalue weighted by atomic mass is 16.5. The number of carboxylic acids is 1. The summed E-state index contributed by atoms with van der Waals surface area (Å²) < 4.78 is 10.2. The number of ether oxygens (including phenoxy) is 2. The van der Waals surface area contributed by atoms with Gasteiger partial charge in [0.15, 0.2) is 6.04 Å². The Morgan fingerprint density at radius 3 is 3.00 bits per heavy atom. The zero-order valence-electron chi connectivity index (χ0n) is 11.2. The molecule has 1 heterocycles. The summed E-state index contributed by atoms with van der Waals surface area (Å²) in [5, 5.41) is 11.8. The molecule has 0 fully saturated rings. The molecule has 1 aromatic carbocycles. The summed E-state index contributed by atoms with van der Waals surface area (Å²) in [6.07, 6.45) is 0.890. The van der Waals surface area contributed by atoms with Crippen molar-refractivity contribution in [1.82, 2.24) is 5.32 Å². The molecular formula is C14H17NO5. The number of carbonyl (C=O) groups is 2. The molecule has 108 valence electrons. The van der Waals surface area contributed by atoms with Crippen molar-refractivity contribution < 1.29 is 24.2 Å². The second kappa shape index (κ2) is 6.38. The lowest BCUT2D eigenvalue weighted by atomic mass is 10.0. The molecule has 6 heteroatoms. The first-order chi connectivity index (χ1) is 9.61. The molecule has 1 aliphatic heterocycles. The minimum Gasteiger partial charge on any atom is -0.493 e. The van der Waals surface area contributed by atoms with Crippen LogP contribution in [0.15, 0.2) is 18.2 Å². The van der Waals surface area contributed by atoms with Crippen molar-refractivity contribution in [3.63, 3.8) is 0 Å². The van der Waals surface area contributed by atoms with Crippen LogP contribution in [0.2, 0.25) is 0 Å². The SMILES string of the molecule is COCCC(=O)NC(C(=O)O)c1ccc2c(c1)CCO2. The summed E-state index contributed by atoms with van der Waals surface area (Å²) >= 11 is 0. The van der Waals surface area contributed by atoms with Gasteiger partial charge in [0.05, 0.1) is 13.2 Å². The Hall–Kier alpha value is -2.08. The second-order valence-corrected chi connectivity index (χ2v) is 4.55. The molecule has 20 heavy (non-hydrogen) atoms. The van der Waals surface area contributed by atoms with Gasteiger partial charge in [-0.3, -0.25) is 4.79 Å². The van der Waals surface area contributed by atoms with Crippen molar-refractivity contribution in [2.45, 2.75) is 18.9 Å². The van der Waals surface area contributed by atoms with E-state index in [0.717, 1.165) is 17.7 Å². The van der Waals surface area contributed by atoms with Gasteiger partial charge in [-0.1, -0.05) is 6.07 Å². The van der Waals surface area contributed by atoms with Gasteiger partial charge in [0.2, 0.25) is 5.91 Å². The monoisotopic (exact) mass is 279 g/mol. The first-order valence-electron chi connectivity index (χ1n) is 6.38. The highest BCUT2D eigenvalue weighted by Crippen LogP contribution is 2.28. The summed E-state index contributed by atoms with van der Waals surface area (Å²) in [5.41, 5.74) is 1.52. The van der Waals surface area contributed by atoms with Crippen LogP contribution in [-0.2, 0) is 20.7 Å². The Morgan fingerprint density at radius 2 is 2.30 bits per heavy atom. The van der Waals surface area contributed by atoms with E-state index in [9.17, 15) is 14.7 Å². The minimum absolute atomic E-state index is 0.133.